The molecule has 0 saturated heterocycles. The lowest BCUT2D eigenvalue weighted by Gasteiger charge is -2.15. The second-order valence-corrected chi connectivity index (χ2v) is 5.56. The molecular formula is C15H17N3O3S. The molecule has 2 rings (SSSR count). The highest BCUT2D eigenvalue weighted by molar-refractivity contribution is 7.10. The van der Waals surface area contributed by atoms with Crippen LogP contribution in [0.25, 0.3) is 0 Å². The molecule has 0 aliphatic carbocycles. The number of hydrogen-bond acceptors (Lipinski definition) is 4. The van der Waals surface area contributed by atoms with E-state index < -0.39 is 12.1 Å². The highest BCUT2D eigenvalue weighted by atomic mass is 32.1. The molecule has 116 valence electrons. The maximum Gasteiger partial charge on any atom is 0.312 e. The third kappa shape index (κ3) is 5.19. The summed E-state index contributed by atoms with van der Waals surface area (Å²) in [6, 6.07) is 12.0. The Morgan fingerprint density at radius 1 is 1.18 bits per heavy atom. The summed E-state index contributed by atoms with van der Waals surface area (Å²) in [5.74, 6) is -0.330. The van der Waals surface area contributed by atoms with Crippen molar-refractivity contribution in [3.05, 3.63) is 58.3 Å². The third-order valence-electron chi connectivity index (χ3n) is 2.86. The van der Waals surface area contributed by atoms with Crippen molar-refractivity contribution in [3.63, 3.8) is 0 Å². The van der Waals surface area contributed by atoms with Crippen molar-refractivity contribution in [2.75, 3.05) is 0 Å². The lowest BCUT2D eigenvalue weighted by Crippen LogP contribution is -2.36. The fraction of sp³-hybridized carbons (Fsp3) is 0.200. The van der Waals surface area contributed by atoms with Crippen LogP contribution >= 0.6 is 11.3 Å². The van der Waals surface area contributed by atoms with Gasteiger partial charge in [0.2, 0.25) is 5.91 Å². The van der Waals surface area contributed by atoms with Crippen molar-refractivity contribution >= 4 is 23.3 Å². The van der Waals surface area contributed by atoms with Crippen molar-refractivity contribution in [1.82, 2.24) is 10.8 Å². The normalized spacial score (nSPS) is 11.6. The number of urea groups is 1. The van der Waals surface area contributed by atoms with Gasteiger partial charge in [-0.15, -0.1) is 11.3 Å². The molecule has 0 saturated carbocycles. The Hall–Kier alpha value is -2.38. The zero-order chi connectivity index (χ0) is 15.8. The van der Waals surface area contributed by atoms with Gasteiger partial charge in [0.05, 0.1) is 19.1 Å². The van der Waals surface area contributed by atoms with Gasteiger partial charge in [-0.3, -0.25) is 9.63 Å². The Bertz CT molecular complexity index is 602. The number of hydrogen-bond donors (Lipinski definition) is 3. The molecule has 1 heterocycles. The highest BCUT2D eigenvalue weighted by Gasteiger charge is 2.18. The van der Waals surface area contributed by atoms with Crippen LogP contribution in [0.3, 0.4) is 0 Å². The zero-order valence-electron chi connectivity index (χ0n) is 11.8. The number of thiophene rings is 1. The minimum atomic E-state index is -0.670. The molecule has 0 fully saturated rings. The Morgan fingerprint density at radius 2 is 1.95 bits per heavy atom. The summed E-state index contributed by atoms with van der Waals surface area (Å²) >= 11 is 1.44. The monoisotopic (exact) mass is 319 g/mol. The summed E-state index contributed by atoms with van der Waals surface area (Å²) in [4.78, 5) is 29.0. The summed E-state index contributed by atoms with van der Waals surface area (Å²) in [5.41, 5.74) is 8.47. The molecular weight excluding hydrogens is 302 g/mol. The molecule has 0 aliphatic heterocycles. The number of hydroxylamine groups is 1. The second-order valence-electron chi connectivity index (χ2n) is 4.58. The molecule has 0 bridgehead atoms. The van der Waals surface area contributed by atoms with E-state index in [4.69, 9.17) is 10.6 Å². The van der Waals surface area contributed by atoms with E-state index in [1.807, 2.05) is 47.8 Å². The maximum atomic E-state index is 11.9. The summed E-state index contributed by atoms with van der Waals surface area (Å²) in [5, 5.41) is 4.42. The fourth-order valence-electron chi connectivity index (χ4n) is 1.89. The lowest BCUT2D eigenvalue weighted by molar-refractivity contribution is -0.135. The molecule has 1 atom stereocenters. The van der Waals surface area contributed by atoms with Crippen molar-refractivity contribution in [3.8, 4) is 0 Å². The van der Waals surface area contributed by atoms with Gasteiger partial charge in [-0.25, -0.2) is 10.3 Å². The third-order valence-corrected chi connectivity index (χ3v) is 3.85. The maximum absolute atomic E-state index is 11.9. The van der Waals surface area contributed by atoms with Gasteiger partial charge in [0.15, 0.2) is 0 Å². The number of carbonyl (C=O) groups excluding carboxylic acids is 2. The van der Waals surface area contributed by atoms with Gasteiger partial charge in [-0.05, 0) is 17.0 Å². The first kappa shape index (κ1) is 16.0. The van der Waals surface area contributed by atoms with Crippen LogP contribution in [0.15, 0.2) is 47.8 Å². The molecule has 1 aromatic heterocycles. The van der Waals surface area contributed by atoms with Gasteiger partial charge in [0.1, 0.15) is 0 Å². The first-order chi connectivity index (χ1) is 10.6. The topological polar surface area (TPSA) is 93.5 Å². The Balaban J connectivity index is 1.82. The standard InChI is InChI=1S/C15H17N3O3S/c16-15(20)17-12(13-7-4-8-22-13)9-14(19)18-21-10-11-5-2-1-3-6-11/h1-8,12H,9-10H2,(H,18,19)(H3,16,17,20). The molecule has 6 nitrogen and oxygen atoms in total. The van der Waals surface area contributed by atoms with Crippen LogP contribution in [0, 0.1) is 0 Å². The van der Waals surface area contributed by atoms with Crippen LogP contribution in [0.5, 0.6) is 0 Å². The summed E-state index contributed by atoms with van der Waals surface area (Å²) in [6.07, 6.45) is 0.0538. The van der Waals surface area contributed by atoms with Crippen LogP contribution in [-0.4, -0.2) is 11.9 Å². The Morgan fingerprint density at radius 3 is 2.59 bits per heavy atom. The van der Waals surface area contributed by atoms with Crippen molar-refractivity contribution < 1.29 is 14.4 Å². The van der Waals surface area contributed by atoms with Crippen molar-refractivity contribution in [2.24, 2.45) is 5.73 Å². The van der Waals surface area contributed by atoms with E-state index in [1.54, 1.807) is 0 Å². The number of nitrogens with two attached hydrogens (primary N) is 1. The molecule has 0 spiro atoms. The van der Waals surface area contributed by atoms with E-state index >= 15 is 0 Å². The number of primary amides is 1. The summed E-state index contributed by atoms with van der Waals surface area (Å²) in [7, 11) is 0. The summed E-state index contributed by atoms with van der Waals surface area (Å²) in [6.45, 7) is 0.277. The predicted octanol–water partition coefficient (Wildman–Crippen LogP) is 2.10. The van der Waals surface area contributed by atoms with Crippen LogP contribution in [0.2, 0.25) is 0 Å². The molecule has 2 aromatic rings. The number of rotatable bonds is 7. The number of amides is 3. The van der Waals surface area contributed by atoms with Crippen LogP contribution < -0.4 is 16.5 Å². The van der Waals surface area contributed by atoms with Gasteiger partial charge in [0.25, 0.3) is 0 Å². The van der Waals surface area contributed by atoms with Gasteiger partial charge < -0.3 is 11.1 Å². The van der Waals surface area contributed by atoms with E-state index in [9.17, 15) is 9.59 Å². The molecule has 0 aliphatic rings. The van der Waals surface area contributed by atoms with Crippen LogP contribution in [-0.2, 0) is 16.2 Å². The van der Waals surface area contributed by atoms with Gasteiger partial charge in [-0.2, -0.15) is 0 Å². The minimum Gasteiger partial charge on any atom is -0.352 e. The largest absolute Gasteiger partial charge is 0.352 e. The lowest BCUT2D eigenvalue weighted by atomic mass is 10.1. The SMILES string of the molecule is NC(=O)NC(CC(=O)NOCc1ccccc1)c1cccs1. The van der Waals surface area contributed by atoms with Gasteiger partial charge in [0, 0.05) is 4.88 Å². The average molecular weight is 319 g/mol. The number of carbonyl (C=O) groups is 2. The molecule has 1 unspecified atom stereocenters. The smallest absolute Gasteiger partial charge is 0.312 e. The molecule has 7 heteroatoms. The Kier molecular flexibility index (Phi) is 5.93. The van der Waals surface area contributed by atoms with E-state index in [0.717, 1.165) is 10.4 Å². The van der Waals surface area contributed by atoms with Crippen LogP contribution in [0.1, 0.15) is 22.9 Å². The van der Waals surface area contributed by atoms with E-state index in [2.05, 4.69) is 10.8 Å². The second kappa shape index (κ2) is 8.16. The van der Waals surface area contributed by atoms with E-state index in [0.29, 0.717) is 0 Å². The van der Waals surface area contributed by atoms with Gasteiger partial charge in [-0.1, -0.05) is 36.4 Å². The number of nitrogens with one attached hydrogen (secondary N) is 2. The zero-order valence-corrected chi connectivity index (χ0v) is 12.6. The molecule has 4 N–H and O–H groups in total. The number of benzene rings is 1. The Labute approximate surface area is 132 Å². The molecule has 3 amide bonds. The summed E-state index contributed by atoms with van der Waals surface area (Å²) < 4.78 is 0. The van der Waals surface area contributed by atoms with Gasteiger partial charge >= 0.3 is 6.03 Å². The highest BCUT2D eigenvalue weighted by Crippen LogP contribution is 2.21. The minimum absolute atomic E-state index is 0.0538. The molecule has 0 radical (unpaired) electrons. The van der Waals surface area contributed by atoms with Crippen molar-refractivity contribution in [1.29, 1.82) is 0 Å². The van der Waals surface area contributed by atoms with Crippen molar-refractivity contribution in [2.45, 2.75) is 19.1 Å². The first-order valence-corrected chi connectivity index (χ1v) is 7.57. The predicted molar refractivity (Wildman–Crippen MR) is 83.8 cm³/mol. The first-order valence-electron chi connectivity index (χ1n) is 6.69. The quantitative estimate of drug-likeness (QED) is 0.682. The van der Waals surface area contributed by atoms with E-state index in [1.165, 1.54) is 11.3 Å². The van der Waals surface area contributed by atoms with E-state index in [-0.39, 0.29) is 18.9 Å². The average Bonchev–Trinajstić information content (AvgIpc) is 3.01. The van der Waals surface area contributed by atoms with Crippen LogP contribution in [0.4, 0.5) is 4.79 Å². The molecule has 1 aromatic carbocycles. The molecule has 22 heavy (non-hydrogen) atoms. The fourth-order valence-corrected chi connectivity index (χ4v) is 2.66.